The van der Waals surface area contributed by atoms with Gasteiger partial charge in [0.2, 0.25) is 0 Å². The molecule has 0 fully saturated rings. The smallest absolute Gasteiger partial charge is 0.747 e. The van der Waals surface area contributed by atoms with E-state index in [0.29, 0.717) is 0 Å². The fraction of sp³-hybridized carbons (Fsp3) is 1.00. The molecular formula is C2H4Cl2O6S2Zn. The van der Waals surface area contributed by atoms with Crippen LogP contribution in [-0.4, -0.2) is 36.4 Å². The van der Waals surface area contributed by atoms with Crippen molar-refractivity contribution in [3.05, 3.63) is 0 Å². The summed E-state index contributed by atoms with van der Waals surface area (Å²) in [5.41, 5.74) is 0. The molecule has 0 saturated heterocycles. The van der Waals surface area contributed by atoms with Gasteiger partial charge < -0.3 is 9.11 Å². The van der Waals surface area contributed by atoms with E-state index in [9.17, 15) is 25.9 Å². The van der Waals surface area contributed by atoms with E-state index in [1.54, 1.807) is 0 Å². The molecule has 11 heteroatoms. The van der Waals surface area contributed by atoms with Crippen LogP contribution in [-0.2, 0) is 39.7 Å². The topological polar surface area (TPSA) is 114 Å². The van der Waals surface area contributed by atoms with Crippen LogP contribution in [0.15, 0.2) is 0 Å². The maximum atomic E-state index is 9.31. The predicted octanol–water partition coefficient (Wildman–Crippen LogP) is -0.547. The normalized spacial score (nSPS) is 10.8. The Balaban J connectivity index is -0.000000143. The first kappa shape index (κ1) is 19.6. The Morgan fingerprint density at radius 3 is 0.923 bits per heavy atom. The summed E-state index contributed by atoms with van der Waals surface area (Å²) in [6, 6.07) is 0. The molecule has 0 aromatic carbocycles. The molecule has 0 saturated carbocycles. The van der Waals surface area contributed by atoms with Gasteiger partial charge in [0.1, 0.15) is 30.7 Å². The fourth-order valence-electron chi connectivity index (χ4n) is 0. The molecule has 0 rings (SSSR count). The van der Waals surface area contributed by atoms with Gasteiger partial charge in [-0.3, -0.25) is 0 Å². The molecule has 0 unspecified atom stereocenters. The van der Waals surface area contributed by atoms with Crippen LogP contribution in [0.1, 0.15) is 0 Å². The molecule has 0 amide bonds. The maximum absolute atomic E-state index is 9.31. The standard InChI is InChI=1S/2CH3ClO3S.Zn/c2*2-1-6(3,4)5;/h2*1H2,(H,3,4,5);/q;;+2/p-2. The summed E-state index contributed by atoms with van der Waals surface area (Å²) < 4.78 is 55.9. The molecule has 0 aliphatic carbocycles. The largest absolute Gasteiger partial charge is 2.00 e. The van der Waals surface area contributed by atoms with Crippen molar-refractivity contribution >= 4 is 43.4 Å². The molecule has 13 heavy (non-hydrogen) atoms. The molecule has 0 atom stereocenters. The van der Waals surface area contributed by atoms with E-state index in [2.05, 4.69) is 23.2 Å². The number of hydrogen-bond donors (Lipinski definition) is 0. The van der Waals surface area contributed by atoms with Crippen molar-refractivity contribution in [2.75, 3.05) is 10.4 Å². The third-order valence-electron chi connectivity index (χ3n) is 0.267. The fourth-order valence-corrected chi connectivity index (χ4v) is 0. The average Bonchev–Trinajstić information content (AvgIpc) is 1.86. The van der Waals surface area contributed by atoms with E-state index in [4.69, 9.17) is 0 Å². The van der Waals surface area contributed by atoms with Gasteiger partial charge in [0, 0.05) is 0 Å². The van der Waals surface area contributed by atoms with Crippen molar-refractivity contribution < 1.29 is 45.4 Å². The van der Waals surface area contributed by atoms with Crippen LogP contribution < -0.4 is 0 Å². The summed E-state index contributed by atoms with van der Waals surface area (Å²) in [5, 5.41) is -1.68. The van der Waals surface area contributed by atoms with Gasteiger partial charge in [-0.15, -0.1) is 23.2 Å². The monoisotopic (exact) mass is 322 g/mol. The Morgan fingerprint density at radius 2 is 0.923 bits per heavy atom. The number of rotatable bonds is 2. The molecule has 0 radical (unpaired) electrons. The van der Waals surface area contributed by atoms with Crippen molar-refractivity contribution in [1.82, 2.24) is 0 Å². The Hall–Kier alpha value is 1.02. The molecule has 0 aliphatic heterocycles. The summed E-state index contributed by atoms with van der Waals surface area (Å²) in [6.45, 7) is 0. The van der Waals surface area contributed by atoms with Crippen LogP contribution in [0.4, 0.5) is 0 Å². The molecular weight excluding hydrogens is 320 g/mol. The Kier molecular flexibility index (Phi) is 12.6. The zero-order chi connectivity index (χ0) is 10.4. The first-order valence-corrected chi connectivity index (χ1v) is 6.34. The first-order chi connectivity index (χ1) is 5.12. The molecule has 0 heterocycles. The van der Waals surface area contributed by atoms with Crippen molar-refractivity contribution in [3.8, 4) is 0 Å². The van der Waals surface area contributed by atoms with Crippen LogP contribution in [0, 0.1) is 0 Å². The minimum Gasteiger partial charge on any atom is -0.747 e. The van der Waals surface area contributed by atoms with Crippen LogP contribution in [0.2, 0.25) is 0 Å². The van der Waals surface area contributed by atoms with E-state index in [1.165, 1.54) is 0 Å². The molecule has 0 spiro atoms. The second kappa shape index (κ2) is 8.34. The minimum absolute atomic E-state index is 0. The molecule has 0 aromatic heterocycles. The Bertz CT molecular complexity index is 263. The second-order valence-corrected chi connectivity index (χ2v) is 5.31. The van der Waals surface area contributed by atoms with Crippen molar-refractivity contribution in [2.24, 2.45) is 0 Å². The van der Waals surface area contributed by atoms with E-state index in [1.807, 2.05) is 0 Å². The van der Waals surface area contributed by atoms with Crippen LogP contribution in [0.25, 0.3) is 0 Å². The number of alkyl halides is 2. The Morgan fingerprint density at radius 1 is 0.846 bits per heavy atom. The van der Waals surface area contributed by atoms with Gasteiger partial charge in [-0.2, -0.15) is 0 Å². The van der Waals surface area contributed by atoms with Crippen LogP contribution >= 0.6 is 23.2 Å². The number of hydrogen-bond acceptors (Lipinski definition) is 6. The Labute approximate surface area is 98.9 Å². The van der Waals surface area contributed by atoms with Crippen LogP contribution in [0.5, 0.6) is 0 Å². The van der Waals surface area contributed by atoms with Crippen molar-refractivity contribution in [2.45, 2.75) is 0 Å². The zero-order valence-corrected chi connectivity index (χ0v) is 12.3. The molecule has 0 N–H and O–H groups in total. The van der Waals surface area contributed by atoms with Gasteiger partial charge in [-0.05, 0) is 0 Å². The summed E-state index contributed by atoms with van der Waals surface area (Å²) in [4.78, 5) is 0. The van der Waals surface area contributed by atoms with Crippen molar-refractivity contribution in [3.63, 3.8) is 0 Å². The third kappa shape index (κ3) is 32.1. The SMILES string of the molecule is O=S(=O)([O-])CCl.O=S(=O)([O-])CCl.[Zn+2]. The van der Waals surface area contributed by atoms with Gasteiger partial charge >= 0.3 is 19.5 Å². The first-order valence-electron chi connectivity index (χ1n) is 2.11. The van der Waals surface area contributed by atoms with Gasteiger partial charge in [-0.1, -0.05) is 0 Å². The summed E-state index contributed by atoms with van der Waals surface area (Å²) in [5.74, 6) is 0. The quantitative estimate of drug-likeness (QED) is 0.382. The van der Waals surface area contributed by atoms with Gasteiger partial charge in [0.05, 0.1) is 0 Å². The van der Waals surface area contributed by atoms with E-state index < -0.39 is 30.7 Å². The third-order valence-corrected chi connectivity index (χ3v) is 2.41. The molecule has 0 bridgehead atoms. The average molecular weight is 324 g/mol. The zero-order valence-electron chi connectivity index (χ0n) is 6.14. The van der Waals surface area contributed by atoms with Crippen LogP contribution in [0.3, 0.4) is 0 Å². The van der Waals surface area contributed by atoms with E-state index in [-0.39, 0.29) is 19.5 Å². The molecule has 6 nitrogen and oxygen atoms in total. The van der Waals surface area contributed by atoms with Crippen molar-refractivity contribution in [1.29, 1.82) is 0 Å². The van der Waals surface area contributed by atoms with Gasteiger partial charge in [0.15, 0.2) is 0 Å². The summed E-state index contributed by atoms with van der Waals surface area (Å²) in [6.07, 6.45) is 0. The molecule has 76 valence electrons. The summed E-state index contributed by atoms with van der Waals surface area (Å²) >= 11 is 9.15. The van der Waals surface area contributed by atoms with E-state index in [0.717, 1.165) is 0 Å². The van der Waals surface area contributed by atoms with E-state index >= 15 is 0 Å². The van der Waals surface area contributed by atoms with Gasteiger partial charge in [-0.25, -0.2) is 16.8 Å². The molecule has 0 aromatic rings. The second-order valence-electron chi connectivity index (χ2n) is 1.33. The summed E-state index contributed by atoms with van der Waals surface area (Å²) in [7, 11) is -8.29. The van der Waals surface area contributed by atoms with Gasteiger partial charge in [0.25, 0.3) is 0 Å². The minimum atomic E-state index is -4.15. The predicted molar refractivity (Wildman–Crippen MR) is 40.8 cm³/mol. The number of halogens is 2. The maximum Gasteiger partial charge on any atom is 2.00 e. The molecule has 0 aliphatic rings.